The third-order valence-electron chi connectivity index (χ3n) is 2.77. The summed E-state index contributed by atoms with van der Waals surface area (Å²) in [6.45, 7) is 8.97. The smallest absolute Gasteiger partial charge is 0.0301 e. The first-order valence-corrected chi connectivity index (χ1v) is 5.48. The molecule has 0 bridgehead atoms. The van der Waals surface area contributed by atoms with Gasteiger partial charge in [-0.2, -0.15) is 0 Å². The van der Waals surface area contributed by atoms with E-state index in [0.717, 1.165) is 0 Å². The molecule has 1 unspecified atom stereocenters. The Hall–Kier alpha value is -0.850. The fourth-order valence-corrected chi connectivity index (χ4v) is 1.78. The molecule has 1 aliphatic heterocycles. The van der Waals surface area contributed by atoms with Gasteiger partial charge in [-0.25, -0.2) is 0 Å². The summed E-state index contributed by atoms with van der Waals surface area (Å²) < 4.78 is 0. The molecule has 1 aliphatic rings. The molecular formula is C13H21N. The minimum atomic E-state index is 0.257. The standard InChI is InChI=1S/C13H21N/c1-5-8-13(3,4)12-7-6-11(2)9-14-10-12/h6-7,9-11H,5,8H2,1-4H3. The van der Waals surface area contributed by atoms with E-state index in [0.29, 0.717) is 5.92 Å². The molecule has 0 spiro atoms. The van der Waals surface area contributed by atoms with Gasteiger partial charge in [0, 0.05) is 18.3 Å². The lowest BCUT2D eigenvalue weighted by molar-refractivity contribution is 0.411. The van der Waals surface area contributed by atoms with E-state index in [4.69, 9.17) is 0 Å². The molecule has 78 valence electrons. The summed E-state index contributed by atoms with van der Waals surface area (Å²) in [5.41, 5.74) is 1.60. The third kappa shape index (κ3) is 2.83. The van der Waals surface area contributed by atoms with Gasteiger partial charge in [0.1, 0.15) is 0 Å². The summed E-state index contributed by atoms with van der Waals surface area (Å²) in [5, 5.41) is 0. The lowest BCUT2D eigenvalue weighted by Crippen LogP contribution is -2.12. The van der Waals surface area contributed by atoms with Crippen molar-refractivity contribution >= 4 is 6.21 Å². The summed E-state index contributed by atoms with van der Waals surface area (Å²) in [6, 6.07) is 0. The van der Waals surface area contributed by atoms with Crippen molar-refractivity contribution in [3.63, 3.8) is 0 Å². The lowest BCUT2D eigenvalue weighted by Gasteiger charge is -2.25. The first-order chi connectivity index (χ1) is 6.56. The molecule has 0 saturated heterocycles. The predicted octanol–water partition coefficient (Wildman–Crippen LogP) is 3.97. The first-order valence-electron chi connectivity index (χ1n) is 5.48. The van der Waals surface area contributed by atoms with Crippen LogP contribution < -0.4 is 0 Å². The van der Waals surface area contributed by atoms with Crippen LogP contribution in [-0.4, -0.2) is 6.21 Å². The summed E-state index contributed by atoms with van der Waals surface area (Å²) in [5.74, 6) is 0.459. The van der Waals surface area contributed by atoms with Crippen LogP contribution in [0, 0.1) is 11.3 Å². The van der Waals surface area contributed by atoms with Crippen LogP contribution in [0.1, 0.15) is 40.5 Å². The first kappa shape index (κ1) is 11.2. The molecule has 14 heavy (non-hydrogen) atoms. The number of aliphatic imine (C=N–C) groups is 1. The quantitative estimate of drug-likeness (QED) is 0.640. The Labute approximate surface area is 87.6 Å². The van der Waals surface area contributed by atoms with Crippen molar-refractivity contribution < 1.29 is 0 Å². The molecule has 0 amide bonds. The molecule has 0 aliphatic carbocycles. The van der Waals surface area contributed by atoms with Crippen molar-refractivity contribution in [2.45, 2.75) is 40.5 Å². The largest absolute Gasteiger partial charge is 0.268 e. The molecule has 1 heterocycles. The molecule has 0 aromatic carbocycles. The van der Waals surface area contributed by atoms with Gasteiger partial charge in [0.15, 0.2) is 0 Å². The van der Waals surface area contributed by atoms with E-state index >= 15 is 0 Å². The number of allylic oxidation sites excluding steroid dienone is 3. The van der Waals surface area contributed by atoms with Crippen LogP contribution in [0.3, 0.4) is 0 Å². The fourth-order valence-electron chi connectivity index (χ4n) is 1.78. The zero-order valence-corrected chi connectivity index (χ0v) is 9.75. The van der Waals surface area contributed by atoms with E-state index in [1.807, 2.05) is 12.4 Å². The Morgan fingerprint density at radius 2 is 2.14 bits per heavy atom. The van der Waals surface area contributed by atoms with Crippen molar-refractivity contribution in [1.82, 2.24) is 0 Å². The molecule has 0 saturated carbocycles. The molecule has 1 nitrogen and oxygen atoms in total. The Morgan fingerprint density at radius 3 is 2.79 bits per heavy atom. The summed E-state index contributed by atoms with van der Waals surface area (Å²) in [7, 11) is 0. The highest BCUT2D eigenvalue weighted by Gasteiger charge is 2.20. The van der Waals surface area contributed by atoms with Crippen LogP contribution in [0.25, 0.3) is 0 Å². The van der Waals surface area contributed by atoms with E-state index in [-0.39, 0.29) is 5.41 Å². The molecular weight excluding hydrogens is 170 g/mol. The summed E-state index contributed by atoms with van der Waals surface area (Å²) >= 11 is 0. The second-order valence-corrected chi connectivity index (χ2v) is 4.73. The molecule has 1 atom stereocenters. The molecule has 0 aromatic heterocycles. The molecule has 1 heteroatoms. The molecule has 1 rings (SSSR count). The van der Waals surface area contributed by atoms with Crippen LogP contribution in [0.2, 0.25) is 0 Å². The Bertz CT molecular complexity index is 269. The van der Waals surface area contributed by atoms with Crippen molar-refractivity contribution in [2.24, 2.45) is 16.3 Å². The zero-order valence-electron chi connectivity index (χ0n) is 9.75. The van der Waals surface area contributed by atoms with Gasteiger partial charge in [0.05, 0.1) is 0 Å². The van der Waals surface area contributed by atoms with Crippen LogP contribution in [0.5, 0.6) is 0 Å². The Kier molecular flexibility index (Phi) is 3.68. The monoisotopic (exact) mass is 191 g/mol. The minimum Gasteiger partial charge on any atom is -0.268 e. The molecule has 0 aromatic rings. The maximum atomic E-state index is 4.33. The summed E-state index contributed by atoms with van der Waals surface area (Å²) in [4.78, 5) is 4.33. The van der Waals surface area contributed by atoms with Crippen LogP contribution >= 0.6 is 0 Å². The second-order valence-electron chi connectivity index (χ2n) is 4.73. The van der Waals surface area contributed by atoms with Crippen molar-refractivity contribution in [1.29, 1.82) is 0 Å². The number of hydrogen-bond donors (Lipinski definition) is 0. The van der Waals surface area contributed by atoms with Gasteiger partial charge in [-0.3, -0.25) is 4.99 Å². The highest BCUT2D eigenvalue weighted by Crippen LogP contribution is 2.33. The van der Waals surface area contributed by atoms with Crippen LogP contribution in [0.4, 0.5) is 0 Å². The lowest BCUT2D eigenvalue weighted by atomic mass is 9.80. The normalized spacial score (nSPS) is 22.0. The van der Waals surface area contributed by atoms with Crippen molar-refractivity contribution in [3.05, 3.63) is 23.9 Å². The SMILES string of the molecule is CCCC(C)(C)C1=CN=CC(C)C=C1. The van der Waals surface area contributed by atoms with E-state index in [2.05, 4.69) is 44.8 Å². The predicted molar refractivity (Wildman–Crippen MR) is 63.6 cm³/mol. The van der Waals surface area contributed by atoms with E-state index < -0.39 is 0 Å². The highest BCUT2D eigenvalue weighted by atomic mass is 14.7. The molecule has 0 fully saturated rings. The van der Waals surface area contributed by atoms with Crippen molar-refractivity contribution in [2.75, 3.05) is 0 Å². The molecule has 0 radical (unpaired) electrons. The van der Waals surface area contributed by atoms with Crippen LogP contribution in [-0.2, 0) is 0 Å². The topological polar surface area (TPSA) is 12.4 Å². The number of nitrogens with zero attached hydrogens (tertiary/aromatic N) is 1. The average molecular weight is 191 g/mol. The number of rotatable bonds is 3. The maximum absolute atomic E-state index is 4.33. The van der Waals surface area contributed by atoms with E-state index in [1.165, 1.54) is 18.4 Å². The summed E-state index contributed by atoms with van der Waals surface area (Å²) in [6.07, 6.45) is 10.9. The van der Waals surface area contributed by atoms with E-state index in [1.54, 1.807) is 0 Å². The molecule has 0 N–H and O–H groups in total. The zero-order chi connectivity index (χ0) is 10.6. The second kappa shape index (κ2) is 4.59. The minimum absolute atomic E-state index is 0.257. The Morgan fingerprint density at radius 1 is 1.43 bits per heavy atom. The van der Waals surface area contributed by atoms with Gasteiger partial charge in [-0.05, 0) is 17.4 Å². The van der Waals surface area contributed by atoms with Gasteiger partial charge < -0.3 is 0 Å². The van der Waals surface area contributed by atoms with Crippen molar-refractivity contribution in [3.8, 4) is 0 Å². The maximum Gasteiger partial charge on any atom is 0.0301 e. The van der Waals surface area contributed by atoms with Crippen LogP contribution in [0.15, 0.2) is 28.9 Å². The Balaban J connectivity index is 2.82. The fraction of sp³-hybridized carbons (Fsp3) is 0.615. The van der Waals surface area contributed by atoms with Gasteiger partial charge in [0.2, 0.25) is 0 Å². The third-order valence-corrected chi connectivity index (χ3v) is 2.77. The van der Waals surface area contributed by atoms with Gasteiger partial charge in [-0.15, -0.1) is 0 Å². The number of hydrogen-bond acceptors (Lipinski definition) is 1. The van der Waals surface area contributed by atoms with E-state index in [9.17, 15) is 0 Å². The van der Waals surface area contributed by atoms with Gasteiger partial charge in [-0.1, -0.05) is 46.3 Å². The average Bonchev–Trinajstić information content (AvgIpc) is 2.30. The highest BCUT2D eigenvalue weighted by molar-refractivity contribution is 5.65. The van der Waals surface area contributed by atoms with Gasteiger partial charge >= 0.3 is 0 Å². The van der Waals surface area contributed by atoms with Gasteiger partial charge in [0.25, 0.3) is 0 Å².